The number of carbonyl (C=O) groups is 1. The molecule has 1 saturated carbocycles. The summed E-state index contributed by atoms with van der Waals surface area (Å²) < 4.78 is 0. The summed E-state index contributed by atoms with van der Waals surface area (Å²) in [4.78, 5) is 24.6. The summed E-state index contributed by atoms with van der Waals surface area (Å²) in [5.74, 6) is 0.272. The van der Waals surface area contributed by atoms with E-state index in [0.29, 0.717) is 11.6 Å². The zero-order chi connectivity index (χ0) is 10.8. The van der Waals surface area contributed by atoms with Crippen molar-refractivity contribution in [3.8, 4) is 0 Å². The molecule has 0 aliphatic heterocycles. The van der Waals surface area contributed by atoms with Gasteiger partial charge in [-0.2, -0.15) is 0 Å². The molecule has 5 nitrogen and oxygen atoms in total. The Labute approximate surface area is 88.0 Å². The van der Waals surface area contributed by atoms with Gasteiger partial charge in [-0.25, -0.2) is 10.0 Å². The monoisotopic (exact) mass is 207 g/mol. The second kappa shape index (κ2) is 3.94. The summed E-state index contributed by atoms with van der Waals surface area (Å²) in [5.41, 5.74) is 1.29. The summed E-state index contributed by atoms with van der Waals surface area (Å²) in [7, 11) is 2.97. The third-order valence-corrected chi connectivity index (χ3v) is 2.45. The molecule has 1 heterocycles. The van der Waals surface area contributed by atoms with Crippen molar-refractivity contribution < 1.29 is 9.63 Å². The van der Waals surface area contributed by atoms with Crippen LogP contribution in [0.2, 0.25) is 0 Å². The molecule has 1 aliphatic rings. The zero-order valence-electron chi connectivity index (χ0n) is 8.80. The van der Waals surface area contributed by atoms with E-state index in [1.807, 2.05) is 0 Å². The van der Waals surface area contributed by atoms with Gasteiger partial charge >= 0.3 is 0 Å². The van der Waals surface area contributed by atoms with Crippen molar-refractivity contribution in [2.75, 3.05) is 14.2 Å². The van der Waals surface area contributed by atoms with Crippen LogP contribution in [0, 0.1) is 0 Å². The maximum Gasteiger partial charge on any atom is 0.297 e. The average molecular weight is 207 g/mol. The van der Waals surface area contributed by atoms with Crippen molar-refractivity contribution in [3.63, 3.8) is 0 Å². The maximum absolute atomic E-state index is 11.6. The molecule has 0 saturated heterocycles. The molecule has 0 N–H and O–H groups in total. The lowest BCUT2D eigenvalue weighted by molar-refractivity contribution is -0.0760. The van der Waals surface area contributed by atoms with Crippen molar-refractivity contribution >= 4 is 5.91 Å². The van der Waals surface area contributed by atoms with Gasteiger partial charge in [0.25, 0.3) is 5.91 Å². The quantitative estimate of drug-likeness (QED) is 0.693. The fraction of sp³-hybridized carbons (Fsp3) is 0.500. The van der Waals surface area contributed by atoms with Crippen molar-refractivity contribution in [3.05, 3.63) is 23.8 Å². The standard InChI is InChI=1S/C10H13N3O2/c1-13(15-2)10(14)9-6-11-8(5-12-9)7-3-4-7/h5-7H,3-4H2,1-2H3. The largest absolute Gasteiger partial charge is 0.297 e. The first-order valence-electron chi connectivity index (χ1n) is 4.86. The molecule has 15 heavy (non-hydrogen) atoms. The number of carbonyl (C=O) groups excluding carboxylic acids is 1. The SMILES string of the molecule is CON(C)C(=O)c1cnc(C2CC2)cn1. The summed E-state index contributed by atoms with van der Waals surface area (Å²) in [6, 6.07) is 0. The number of rotatable bonds is 3. The Morgan fingerprint density at radius 1 is 1.47 bits per heavy atom. The Balaban J connectivity index is 2.12. The molecule has 0 bridgehead atoms. The van der Waals surface area contributed by atoms with Gasteiger partial charge in [-0.1, -0.05) is 0 Å². The van der Waals surface area contributed by atoms with Gasteiger partial charge in [0.1, 0.15) is 5.69 Å². The van der Waals surface area contributed by atoms with Crippen LogP contribution in [-0.2, 0) is 4.84 Å². The van der Waals surface area contributed by atoms with Crippen LogP contribution in [-0.4, -0.2) is 35.1 Å². The van der Waals surface area contributed by atoms with E-state index in [4.69, 9.17) is 4.84 Å². The van der Waals surface area contributed by atoms with Crippen LogP contribution in [0.4, 0.5) is 0 Å². The van der Waals surface area contributed by atoms with E-state index in [2.05, 4.69) is 9.97 Å². The van der Waals surface area contributed by atoms with Crippen molar-refractivity contribution in [2.24, 2.45) is 0 Å². The predicted molar refractivity (Wildman–Crippen MR) is 53.1 cm³/mol. The van der Waals surface area contributed by atoms with E-state index in [-0.39, 0.29) is 5.91 Å². The van der Waals surface area contributed by atoms with Crippen LogP contribution < -0.4 is 0 Å². The van der Waals surface area contributed by atoms with E-state index in [9.17, 15) is 4.79 Å². The second-order valence-electron chi connectivity index (χ2n) is 3.59. The molecule has 0 atom stereocenters. The summed E-state index contributed by atoms with van der Waals surface area (Å²) in [6.45, 7) is 0. The fourth-order valence-corrected chi connectivity index (χ4v) is 1.28. The van der Waals surface area contributed by atoms with Gasteiger partial charge in [0.05, 0.1) is 19.0 Å². The van der Waals surface area contributed by atoms with Crippen molar-refractivity contribution in [1.29, 1.82) is 0 Å². The first kappa shape index (κ1) is 10.0. The number of aromatic nitrogens is 2. The fourth-order valence-electron chi connectivity index (χ4n) is 1.28. The lowest BCUT2D eigenvalue weighted by Crippen LogP contribution is -2.26. The Morgan fingerprint density at radius 3 is 2.67 bits per heavy atom. The highest BCUT2D eigenvalue weighted by atomic mass is 16.7. The molecule has 1 amide bonds. The average Bonchev–Trinajstić information content (AvgIpc) is 3.11. The Hall–Kier alpha value is -1.49. The highest BCUT2D eigenvalue weighted by molar-refractivity contribution is 5.90. The van der Waals surface area contributed by atoms with Gasteiger partial charge in [-0.3, -0.25) is 14.6 Å². The first-order valence-corrected chi connectivity index (χ1v) is 4.86. The molecule has 1 aromatic heterocycles. The Morgan fingerprint density at radius 2 is 2.20 bits per heavy atom. The van der Waals surface area contributed by atoms with Crippen LogP contribution >= 0.6 is 0 Å². The molecular formula is C10H13N3O2. The molecule has 0 aromatic carbocycles. The highest BCUT2D eigenvalue weighted by Crippen LogP contribution is 2.38. The molecule has 2 rings (SSSR count). The molecule has 80 valence electrons. The minimum atomic E-state index is -0.285. The maximum atomic E-state index is 11.6. The zero-order valence-corrected chi connectivity index (χ0v) is 8.80. The number of hydroxylamine groups is 2. The van der Waals surface area contributed by atoms with Gasteiger partial charge in [-0.15, -0.1) is 0 Å². The smallest absolute Gasteiger partial charge is 0.274 e. The van der Waals surface area contributed by atoms with Gasteiger partial charge < -0.3 is 0 Å². The topological polar surface area (TPSA) is 55.3 Å². The third kappa shape index (κ3) is 2.12. The van der Waals surface area contributed by atoms with E-state index in [1.54, 1.807) is 13.2 Å². The van der Waals surface area contributed by atoms with E-state index in [0.717, 1.165) is 10.8 Å². The number of nitrogens with zero attached hydrogens (tertiary/aromatic N) is 3. The summed E-state index contributed by atoms with van der Waals surface area (Å²) in [5, 5.41) is 1.13. The van der Waals surface area contributed by atoms with Gasteiger partial charge in [0, 0.05) is 19.2 Å². The first-order chi connectivity index (χ1) is 7.22. The Kier molecular flexibility index (Phi) is 2.64. The van der Waals surface area contributed by atoms with Crippen molar-refractivity contribution in [1.82, 2.24) is 15.0 Å². The third-order valence-electron chi connectivity index (χ3n) is 2.45. The molecule has 1 aliphatic carbocycles. The van der Waals surface area contributed by atoms with Crippen LogP contribution in [0.25, 0.3) is 0 Å². The molecule has 0 spiro atoms. The molecular weight excluding hydrogens is 194 g/mol. The lowest BCUT2D eigenvalue weighted by atomic mass is 10.3. The Bertz CT molecular complexity index is 359. The summed E-state index contributed by atoms with van der Waals surface area (Å²) >= 11 is 0. The van der Waals surface area contributed by atoms with Crippen LogP contribution in [0.1, 0.15) is 34.9 Å². The van der Waals surface area contributed by atoms with E-state index >= 15 is 0 Å². The van der Waals surface area contributed by atoms with E-state index in [1.165, 1.54) is 26.1 Å². The molecule has 0 unspecified atom stereocenters. The number of hydrogen-bond donors (Lipinski definition) is 0. The predicted octanol–water partition coefficient (Wildman–Crippen LogP) is 0.987. The molecule has 5 heteroatoms. The normalized spacial score (nSPS) is 15.1. The number of hydrogen-bond acceptors (Lipinski definition) is 4. The van der Waals surface area contributed by atoms with Gasteiger partial charge in [-0.05, 0) is 12.8 Å². The van der Waals surface area contributed by atoms with Crippen LogP contribution in [0.5, 0.6) is 0 Å². The minimum Gasteiger partial charge on any atom is -0.274 e. The molecule has 1 fully saturated rings. The van der Waals surface area contributed by atoms with Crippen LogP contribution in [0.15, 0.2) is 12.4 Å². The van der Waals surface area contributed by atoms with Gasteiger partial charge in [0.2, 0.25) is 0 Å². The second-order valence-corrected chi connectivity index (χ2v) is 3.59. The highest BCUT2D eigenvalue weighted by Gasteiger charge is 2.25. The van der Waals surface area contributed by atoms with E-state index < -0.39 is 0 Å². The minimum absolute atomic E-state index is 0.285. The van der Waals surface area contributed by atoms with Gasteiger partial charge in [0.15, 0.2) is 0 Å². The van der Waals surface area contributed by atoms with Crippen LogP contribution in [0.3, 0.4) is 0 Å². The summed E-state index contributed by atoms with van der Waals surface area (Å²) in [6.07, 6.45) is 5.54. The lowest BCUT2D eigenvalue weighted by Gasteiger charge is -2.12. The number of amides is 1. The van der Waals surface area contributed by atoms with Crippen molar-refractivity contribution in [2.45, 2.75) is 18.8 Å². The molecule has 1 aromatic rings. The molecule has 0 radical (unpaired) electrons.